The Labute approximate surface area is 36.5 Å². The van der Waals surface area contributed by atoms with Gasteiger partial charge in [0, 0.05) is 5.88 Å². The Kier molecular flexibility index (Phi) is 53.1. The molecule has 3 heteroatoms. The first kappa shape index (κ1) is 8.96. The highest BCUT2D eigenvalue weighted by Gasteiger charge is 1.38. The minimum atomic E-state index is 0.722. The van der Waals surface area contributed by atoms with Crippen LogP contribution in [0.2, 0.25) is 0 Å². The second kappa shape index (κ2) is 29.6. The molecule has 0 radical (unpaired) electrons. The molecule has 2 nitrogen and oxygen atoms in total. The minimum absolute atomic E-state index is 0.722. The quantitative estimate of drug-likeness (QED) is 0.343. The number of alkyl halides is 1. The molecule has 0 unspecified atom stereocenters. The van der Waals surface area contributed by atoms with E-state index in [-0.39, 0.29) is 0 Å². The molecule has 0 aliphatic rings. The summed E-state index contributed by atoms with van der Waals surface area (Å²) in [6, 6.07) is 0. The molecule has 0 aromatic carbocycles. The van der Waals surface area contributed by atoms with Crippen molar-refractivity contribution in [2.75, 3.05) is 5.88 Å². The van der Waals surface area contributed by atoms with Crippen LogP contribution in [-0.4, -0.2) is 11.1 Å². The third-order valence-electron chi connectivity index (χ3n) is 0. The zero-order chi connectivity index (χ0) is 4.71. The summed E-state index contributed by atoms with van der Waals surface area (Å²) in [7, 11) is 0. The molecule has 0 heterocycles. The first-order valence-corrected chi connectivity index (χ1v) is 1.77. The van der Waals surface area contributed by atoms with Gasteiger partial charge in [-0.15, -0.1) is 11.6 Å². The van der Waals surface area contributed by atoms with Crippen molar-refractivity contribution in [3.05, 3.63) is 0 Å². The van der Waals surface area contributed by atoms with E-state index in [0.717, 1.165) is 5.88 Å². The molecule has 0 spiro atoms. The Morgan fingerprint density at radius 3 is 1.80 bits per heavy atom. The Morgan fingerprint density at radius 2 is 1.80 bits per heavy atom. The Morgan fingerprint density at radius 1 is 1.80 bits per heavy atom. The van der Waals surface area contributed by atoms with Crippen molar-refractivity contribution in [2.45, 2.75) is 6.92 Å². The smallest absolute Gasteiger partial charge is 0.0195 e. The Balaban J connectivity index is 0. The fourth-order valence-electron chi connectivity index (χ4n) is 0. The predicted molar refractivity (Wildman–Crippen MR) is 22.4 cm³/mol. The average Bonchev–Trinajstić information content (AvgIpc) is 1.46. The summed E-state index contributed by atoms with van der Waals surface area (Å²) in [4.78, 5) is 0. The van der Waals surface area contributed by atoms with Gasteiger partial charge < -0.3 is 5.21 Å². The molecule has 0 saturated heterocycles. The van der Waals surface area contributed by atoms with Crippen molar-refractivity contribution in [3.8, 4) is 0 Å². The zero-order valence-corrected chi connectivity index (χ0v) is 3.87. The van der Waals surface area contributed by atoms with Crippen molar-refractivity contribution in [1.82, 2.24) is 0 Å². The average molecular weight is 97.5 g/mol. The third-order valence-corrected chi connectivity index (χ3v) is 0. The molecule has 0 bridgehead atoms. The van der Waals surface area contributed by atoms with Gasteiger partial charge in [-0.3, -0.25) is 0 Å². The monoisotopic (exact) mass is 97.0 g/mol. The van der Waals surface area contributed by atoms with Crippen LogP contribution < -0.4 is 5.90 Å². The number of rotatable bonds is 0. The van der Waals surface area contributed by atoms with Crippen LogP contribution in [0.5, 0.6) is 0 Å². The molecule has 0 atom stereocenters. The van der Waals surface area contributed by atoms with E-state index >= 15 is 0 Å². The minimum Gasteiger partial charge on any atom is -0.320 e. The Bertz CT molecular complexity index is 9.61. The van der Waals surface area contributed by atoms with E-state index in [1.807, 2.05) is 6.92 Å². The lowest BCUT2D eigenvalue weighted by Gasteiger charge is -1.45. The number of hydrogen-bond acceptors (Lipinski definition) is 2. The van der Waals surface area contributed by atoms with Crippen molar-refractivity contribution in [3.63, 3.8) is 0 Å². The van der Waals surface area contributed by atoms with Crippen molar-refractivity contribution >= 4 is 11.6 Å². The van der Waals surface area contributed by atoms with Gasteiger partial charge in [-0.1, -0.05) is 6.92 Å². The fraction of sp³-hybridized carbons (Fsp3) is 1.00. The molecule has 0 rings (SSSR count). The molecule has 0 fully saturated rings. The summed E-state index contributed by atoms with van der Waals surface area (Å²) in [5, 5.41) is 6.50. The van der Waals surface area contributed by atoms with Gasteiger partial charge in [-0.25, -0.2) is 5.90 Å². The number of halogens is 1. The molecule has 0 aliphatic carbocycles. The van der Waals surface area contributed by atoms with Crippen LogP contribution in [-0.2, 0) is 0 Å². The van der Waals surface area contributed by atoms with Crippen LogP contribution in [0, 0.1) is 0 Å². The van der Waals surface area contributed by atoms with E-state index in [1.165, 1.54) is 0 Å². The maximum absolute atomic E-state index is 6.50. The van der Waals surface area contributed by atoms with Gasteiger partial charge in [-0.2, -0.15) is 0 Å². The first-order valence-electron chi connectivity index (χ1n) is 1.23. The highest BCUT2D eigenvalue weighted by molar-refractivity contribution is 6.17. The van der Waals surface area contributed by atoms with Crippen LogP contribution >= 0.6 is 11.6 Å². The highest BCUT2D eigenvalue weighted by atomic mass is 35.5. The maximum Gasteiger partial charge on any atom is 0.0195 e. The van der Waals surface area contributed by atoms with Crippen molar-refractivity contribution < 1.29 is 5.21 Å². The Hall–Kier alpha value is 0.210. The predicted octanol–water partition coefficient (Wildman–Crippen LogP) is 0.579. The summed E-state index contributed by atoms with van der Waals surface area (Å²) >= 11 is 5.00. The van der Waals surface area contributed by atoms with E-state index in [2.05, 4.69) is 5.90 Å². The van der Waals surface area contributed by atoms with Gasteiger partial charge >= 0.3 is 0 Å². The van der Waals surface area contributed by atoms with Gasteiger partial charge in [0.2, 0.25) is 0 Å². The lowest BCUT2D eigenvalue weighted by atomic mass is 11.0. The van der Waals surface area contributed by atoms with Gasteiger partial charge in [0.25, 0.3) is 0 Å². The van der Waals surface area contributed by atoms with Crippen molar-refractivity contribution in [2.24, 2.45) is 5.90 Å². The van der Waals surface area contributed by atoms with E-state index in [9.17, 15) is 0 Å². The van der Waals surface area contributed by atoms with Crippen LogP contribution in [0.15, 0.2) is 0 Å². The van der Waals surface area contributed by atoms with E-state index in [4.69, 9.17) is 16.8 Å². The molecule has 0 aromatic rings. The fourth-order valence-corrected chi connectivity index (χ4v) is 0. The molecular formula is C2H8ClNO. The topological polar surface area (TPSA) is 46.2 Å². The molecule has 0 aromatic heterocycles. The molecule has 0 aliphatic heterocycles. The summed E-state index contributed by atoms with van der Waals surface area (Å²) < 4.78 is 0. The summed E-state index contributed by atoms with van der Waals surface area (Å²) in [6.07, 6.45) is 0. The number of nitrogens with two attached hydrogens (primary N) is 1. The maximum atomic E-state index is 6.50. The summed E-state index contributed by atoms with van der Waals surface area (Å²) in [5.74, 6) is 4.22. The first-order chi connectivity index (χ1) is 2.41. The standard InChI is InChI=1S/C2H5Cl.H3NO/c1-2-3;1-2/h2H2,1H3;2H,1H2. The largest absolute Gasteiger partial charge is 0.320 e. The SMILES string of the molecule is CCCl.NO. The molecular weight excluding hydrogens is 89.5 g/mol. The van der Waals surface area contributed by atoms with Gasteiger partial charge in [0.05, 0.1) is 0 Å². The molecule has 34 valence electrons. The molecule has 3 N–H and O–H groups in total. The van der Waals surface area contributed by atoms with Crippen LogP contribution in [0.25, 0.3) is 0 Å². The normalized spacial score (nSPS) is 4.80. The van der Waals surface area contributed by atoms with E-state index < -0.39 is 0 Å². The van der Waals surface area contributed by atoms with Crippen LogP contribution in [0.1, 0.15) is 6.92 Å². The number of hydrogen-bond donors (Lipinski definition) is 2. The second-order valence-corrected chi connectivity index (χ2v) is 0.802. The van der Waals surface area contributed by atoms with E-state index in [0.29, 0.717) is 0 Å². The zero-order valence-electron chi connectivity index (χ0n) is 3.11. The molecule has 0 saturated carbocycles. The second-order valence-electron chi connectivity index (χ2n) is 0.267. The van der Waals surface area contributed by atoms with Crippen LogP contribution in [0.3, 0.4) is 0 Å². The lowest BCUT2D eigenvalue weighted by molar-refractivity contribution is 0.311. The highest BCUT2D eigenvalue weighted by Crippen LogP contribution is 1.59. The van der Waals surface area contributed by atoms with Crippen molar-refractivity contribution in [1.29, 1.82) is 0 Å². The summed E-state index contributed by atoms with van der Waals surface area (Å²) in [5.41, 5.74) is 0. The lowest BCUT2D eigenvalue weighted by Crippen LogP contribution is -1.72. The third kappa shape index (κ3) is 466. The summed E-state index contributed by atoms with van der Waals surface area (Å²) in [6.45, 7) is 1.89. The van der Waals surface area contributed by atoms with Gasteiger partial charge in [0.15, 0.2) is 0 Å². The molecule has 5 heavy (non-hydrogen) atoms. The molecule has 0 amide bonds. The van der Waals surface area contributed by atoms with Crippen LogP contribution in [0.4, 0.5) is 0 Å². The van der Waals surface area contributed by atoms with Gasteiger partial charge in [0.1, 0.15) is 0 Å². The van der Waals surface area contributed by atoms with Gasteiger partial charge in [-0.05, 0) is 0 Å². The van der Waals surface area contributed by atoms with E-state index in [1.54, 1.807) is 0 Å².